The fourth-order valence-corrected chi connectivity index (χ4v) is 4.64. The van der Waals surface area contributed by atoms with Gasteiger partial charge in [0, 0.05) is 11.8 Å². The van der Waals surface area contributed by atoms with Gasteiger partial charge in [-0.1, -0.05) is 72.7 Å². The molecule has 0 fully saturated rings. The lowest BCUT2D eigenvalue weighted by Crippen LogP contribution is -2.08. The summed E-state index contributed by atoms with van der Waals surface area (Å²) in [6.07, 6.45) is 3.57. The van der Waals surface area contributed by atoms with Crippen LogP contribution >= 0.6 is 0 Å². The van der Waals surface area contributed by atoms with Gasteiger partial charge in [-0.3, -0.25) is 0 Å². The Morgan fingerprint density at radius 3 is 1.92 bits per heavy atom. The highest BCUT2D eigenvalue weighted by atomic mass is 14.4. The largest absolute Gasteiger partial charge is 0.0672 e. The number of fused-ring (bicyclic) bond motifs is 1. The number of benzene rings is 2. The van der Waals surface area contributed by atoms with Crippen LogP contribution in [0.5, 0.6) is 0 Å². The third-order valence-corrected chi connectivity index (χ3v) is 6.41. The summed E-state index contributed by atoms with van der Waals surface area (Å²) in [5.74, 6) is 1.87. The van der Waals surface area contributed by atoms with Crippen LogP contribution in [0, 0.1) is 5.92 Å². The van der Waals surface area contributed by atoms with Crippen LogP contribution in [0.4, 0.5) is 0 Å². The highest BCUT2D eigenvalue weighted by Gasteiger charge is 2.36. The van der Waals surface area contributed by atoms with Crippen molar-refractivity contribution in [2.24, 2.45) is 0 Å². The Kier molecular flexibility index (Phi) is 4.23. The van der Waals surface area contributed by atoms with E-state index in [1.807, 2.05) is 0 Å². The van der Waals surface area contributed by atoms with Crippen LogP contribution in [0.2, 0.25) is 0 Å². The van der Waals surface area contributed by atoms with Gasteiger partial charge < -0.3 is 0 Å². The van der Waals surface area contributed by atoms with Gasteiger partial charge in [-0.15, -0.1) is 0 Å². The van der Waals surface area contributed by atoms with E-state index in [1.165, 1.54) is 56.0 Å². The summed E-state index contributed by atoms with van der Waals surface area (Å²) in [6.45, 7) is 11.4. The molecular weight excluding hydrogens is 312 g/mol. The van der Waals surface area contributed by atoms with Gasteiger partial charge in [0.25, 0.3) is 0 Å². The zero-order valence-electron chi connectivity index (χ0n) is 16.5. The molecule has 4 rings (SSSR count). The summed E-state index contributed by atoms with van der Waals surface area (Å²) in [5, 5.41) is 0. The second-order valence-electron chi connectivity index (χ2n) is 7.57. The summed E-state index contributed by atoms with van der Waals surface area (Å²) in [6, 6.07) is 17.8. The van der Waals surface area contributed by atoms with E-state index in [9.17, 15) is 0 Å². The minimum Gasteiger partial charge on any atom is -0.0672 e. The topological polar surface area (TPSA) is 0 Å². The lowest BCUT2D eigenvalue weighted by atomic mass is 9.81. The molecule has 0 spiro atoms. The Hall–Kier alpha value is -2.34. The van der Waals surface area contributed by atoms with E-state index in [1.54, 1.807) is 0 Å². The van der Waals surface area contributed by atoms with Crippen molar-refractivity contribution in [1.82, 2.24) is 0 Å². The van der Waals surface area contributed by atoms with Crippen LogP contribution in [0.3, 0.4) is 0 Å². The fraction of sp³-hybridized carbons (Fsp3) is 0.269. The second kappa shape index (κ2) is 6.43. The van der Waals surface area contributed by atoms with Gasteiger partial charge >= 0.3 is 0 Å². The lowest BCUT2D eigenvalue weighted by Gasteiger charge is -2.22. The van der Waals surface area contributed by atoms with Crippen LogP contribution in [0.1, 0.15) is 62.8 Å². The summed E-state index contributed by atoms with van der Waals surface area (Å²) in [5.41, 5.74) is 12.9. The van der Waals surface area contributed by atoms with Crippen molar-refractivity contribution >= 4 is 5.57 Å². The third kappa shape index (κ3) is 2.43. The minimum atomic E-state index is 0.360. The van der Waals surface area contributed by atoms with Gasteiger partial charge in [0.15, 0.2) is 0 Å². The van der Waals surface area contributed by atoms with Crippen molar-refractivity contribution in [2.75, 3.05) is 0 Å². The lowest BCUT2D eigenvalue weighted by molar-refractivity contribution is 0.898. The molecule has 2 aromatic rings. The maximum absolute atomic E-state index is 2.51. The number of aryl methyl sites for hydroxylation is 1. The normalized spacial score (nSPS) is 20.0. The van der Waals surface area contributed by atoms with E-state index in [-0.39, 0.29) is 0 Å². The SMILES string of the molecule is CCc1ccccc1C1=CC([C]2C(C)=C(C)C(C)=C2C)c2ccccc21. The first-order valence-electron chi connectivity index (χ1n) is 9.66. The molecule has 2 aliphatic carbocycles. The molecule has 2 aliphatic rings. The summed E-state index contributed by atoms with van der Waals surface area (Å²) in [7, 11) is 0. The molecule has 2 aromatic carbocycles. The summed E-state index contributed by atoms with van der Waals surface area (Å²) >= 11 is 0. The first kappa shape index (κ1) is 17.1. The van der Waals surface area contributed by atoms with Gasteiger partial charge in [0.2, 0.25) is 0 Å². The van der Waals surface area contributed by atoms with Crippen LogP contribution in [-0.4, -0.2) is 0 Å². The zero-order chi connectivity index (χ0) is 18.4. The number of rotatable bonds is 3. The smallest absolute Gasteiger partial charge is 0.0370 e. The Morgan fingerprint density at radius 1 is 0.692 bits per heavy atom. The average molecular weight is 340 g/mol. The van der Waals surface area contributed by atoms with E-state index < -0.39 is 0 Å². The Bertz CT molecular complexity index is 941. The zero-order valence-corrected chi connectivity index (χ0v) is 16.5. The Morgan fingerprint density at radius 2 is 1.27 bits per heavy atom. The molecule has 1 radical (unpaired) electrons. The van der Waals surface area contributed by atoms with Gasteiger partial charge in [-0.25, -0.2) is 0 Å². The molecule has 0 bridgehead atoms. The van der Waals surface area contributed by atoms with Crippen molar-refractivity contribution in [2.45, 2.75) is 47.0 Å². The van der Waals surface area contributed by atoms with E-state index in [2.05, 4.69) is 89.2 Å². The fourth-order valence-electron chi connectivity index (χ4n) is 4.64. The van der Waals surface area contributed by atoms with Crippen LogP contribution in [-0.2, 0) is 6.42 Å². The maximum atomic E-state index is 2.51. The first-order chi connectivity index (χ1) is 12.5. The predicted octanol–water partition coefficient (Wildman–Crippen LogP) is 7.04. The molecule has 0 saturated carbocycles. The Balaban J connectivity index is 1.90. The maximum Gasteiger partial charge on any atom is 0.0370 e. The highest BCUT2D eigenvalue weighted by molar-refractivity contribution is 5.88. The van der Waals surface area contributed by atoms with Crippen LogP contribution in [0.25, 0.3) is 5.57 Å². The summed E-state index contributed by atoms with van der Waals surface area (Å²) < 4.78 is 0. The van der Waals surface area contributed by atoms with Crippen molar-refractivity contribution in [3.05, 3.63) is 105 Å². The quantitative estimate of drug-likeness (QED) is 0.562. The molecule has 0 heterocycles. The van der Waals surface area contributed by atoms with E-state index in [0.29, 0.717) is 5.92 Å². The molecule has 0 aliphatic heterocycles. The van der Waals surface area contributed by atoms with E-state index >= 15 is 0 Å². The summed E-state index contributed by atoms with van der Waals surface area (Å²) in [4.78, 5) is 0. The van der Waals surface area contributed by atoms with E-state index in [4.69, 9.17) is 0 Å². The molecule has 0 heteroatoms. The predicted molar refractivity (Wildman–Crippen MR) is 112 cm³/mol. The number of hydrogen-bond acceptors (Lipinski definition) is 0. The van der Waals surface area contributed by atoms with Crippen molar-refractivity contribution in [3.8, 4) is 0 Å². The molecule has 1 unspecified atom stereocenters. The average Bonchev–Trinajstić information content (AvgIpc) is 3.13. The molecule has 0 nitrogen and oxygen atoms in total. The molecule has 1 atom stereocenters. The number of allylic oxidation sites excluding steroid dienone is 5. The molecule has 0 aromatic heterocycles. The molecule has 26 heavy (non-hydrogen) atoms. The minimum absolute atomic E-state index is 0.360. The van der Waals surface area contributed by atoms with Crippen LogP contribution < -0.4 is 0 Å². The highest BCUT2D eigenvalue weighted by Crippen LogP contribution is 2.52. The van der Waals surface area contributed by atoms with Gasteiger partial charge in [0.05, 0.1) is 0 Å². The van der Waals surface area contributed by atoms with Crippen molar-refractivity contribution in [3.63, 3.8) is 0 Å². The van der Waals surface area contributed by atoms with Gasteiger partial charge in [-0.05, 0) is 73.1 Å². The van der Waals surface area contributed by atoms with Crippen molar-refractivity contribution < 1.29 is 0 Å². The first-order valence-corrected chi connectivity index (χ1v) is 9.66. The van der Waals surface area contributed by atoms with Crippen LogP contribution in [0.15, 0.2) is 76.9 Å². The molecule has 0 amide bonds. The van der Waals surface area contributed by atoms with Gasteiger partial charge in [-0.2, -0.15) is 0 Å². The van der Waals surface area contributed by atoms with E-state index in [0.717, 1.165) is 6.42 Å². The van der Waals surface area contributed by atoms with Gasteiger partial charge in [0.1, 0.15) is 0 Å². The van der Waals surface area contributed by atoms with Crippen molar-refractivity contribution in [1.29, 1.82) is 0 Å². The second-order valence-corrected chi connectivity index (χ2v) is 7.57. The molecule has 131 valence electrons. The number of hydrogen-bond donors (Lipinski definition) is 0. The molecule has 0 N–H and O–H groups in total. The standard InChI is InChI=1S/C26H27/c1-6-20-11-7-8-12-21(20)24-15-25(23-14-10-9-13-22(23)24)26-18(4)16(2)17(3)19(26)5/h7-15,25H,6H2,1-5H3. The third-order valence-electron chi connectivity index (χ3n) is 6.41. The molecule has 0 saturated heterocycles. The monoisotopic (exact) mass is 339 g/mol. The molecular formula is C26H27. The Labute approximate surface area is 158 Å².